The van der Waals surface area contributed by atoms with E-state index < -0.39 is 11.9 Å². The molecule has 0 radical (unpaired) electrons. The van der Waals surface area contributed by atoms with Crippen LogP contribution >= 0.6 is 0 Å². The zero-order valence-electron chi connectivity index (χ0n) is 11.2. The lowest BCUT2D eigenvalue weighted by Gasteiger charge is -2.13. The SMILES string of the molecule is Cc1cnccc1CNC(=O)NC1C=CC(C(=O)O)C1. The fourth-order valence-electron chi connectivity index (χ4n) is 2.08. The van der Waals surface area contributed by atoms with Crippen molar-refractivity contribution in [3.8, 4) is 0 Å². The first-order chi connectivity index (χ1) is 9.56. The third-order valence-electron chi connectivity index (χ3n) is 3.29. The number of urea groups is 1. The number of carboxylic acids is 1. The van der Waals surface area contributed by atoms with Crippen LogP contribution in [-0.2, 0) is 11.3 Å². The van der Waals surface area contributed by atoms with E-state index in [1.807, 2.05) is 13.0 Å². The molecule has 6 nitrogen and oxygen atoms in total. The van der Waals surface area contributed by atoms with Crippen molar-refractivity contribution in [1.29, 1.82) is 0 Å². The molecule has 106 valence electrons. The number of pyridine rings is 1. The number of aliphatic carboxylic acids is 1. The number of carbonyl (C=O) groups excluding carboxylic acids is 1. The molecule has 0 bridgehead atoms. The highest BCUT2D eigenvalue weighted by molar-refractivity contribution is 5.76. The number of hydrogen-bond acceptors (Lipinski definition) is 3. The number of carbonyl (C=O) groups is 2. The van der Waals surface area contributed by atoms with Gasteiger partial charge in [0.2, 0.25) is 0 Å². The molecule has 3 N–H and O–H groups in total. The molecule has 1 aromatic heterocycles. The minimum absolute atomic E-state index is 0.227. The summed E-state index contributed by atoms with van der Waals surface area (Å²) in [5.74, 6) is -1.37. The van der Waals surface area contributed by atoms with E-state index >= 15 is 0 Å². The van der Waals surface area contributed by atoms with Crippen molar-refractivity contribution in [2.75, 3.05) is 0 Å². The molecule has 1 heterocycles. The van der Waals surface area contributed by atoms with Gasteiger partial charge in [-0.1, -0.05) is 12.2 Å². The van der Waals surface area contributed by atoms with Gasteiger partial charge >= 0.3 is 12.0 Å². The van der Waals surface area contributed by atoms with Gasteiger partial charge in [0.1, 0.15) is 0 Å². The van der Waals surface area contributed by atoms with Gasteiger partial charge in [-0.05, 0) is 30.5 Å². The average Bonchev–Trinajstić information content (AvgIpc) is 2.86. The summed E-state index contributed by atoms with van der Waals surface area (Å²) in [4.78, 5) is 26.5. The first-order valence-electron chi connectivity index (χ1n) is 6.41. The second-order valence-electron chi connectivity index (χ2n) is 4.80. The molecule has 0 aromatic carbocycles. The summed E-state index contributed by atoms with van der Waals surface area (Å²) < 4.78 is 0. The van der Waals surface area contributed by atoms with Crippen LogP contribution in [0.3, 0.4) is 0 Å². The Balaban J connectivity index is 1.78. The molecular weight excluding hydrogens is 258 g/mol. The molecule has 2 unspecified atom stereocenters. The van der Waals surface area contributed by atoms with Crippen LogP contribution < -0.4 is 10.6 Å². The predicted molar refractivity (Wildman–Crippen MR) is 73.0 cm³/mol. The Morgan fingerprint density at radius 2 is 2.25 bits per heavy atom. The van der Waals surface area contributed by atoms with Crippen molar-refractivity contribution < 1.29 is 14.7 Å². The first-order valence-corrected chi connectivity index (χ1v) is 6.41. The largest absolute Gasteiger partial charge is 0.481 e. The normalized spacial score (nSPS) is 20.6. The Labute approximate surface area is 116 Å². The Morgan fingerprint density at radius 3 is 2.90 bits per heavy atom. The number of nitrogens with one attached hydrogen (secondary N) is 2. The number of aromatic nitrogens is 1. The van der Waals surface area contributed by atoms with Gasteiger partial charge in [0.05, 0.1) is 12.0 Å². The maximum atomic E-state index is 11.7. The van der Waals surface area contributed by atoms with Crippen molar-refractivity contribution in [2.24, 2.45) is 5.92 Å². The van der Waals surface area contributed by atoms with Crippen LogP contribution in [0.5, 0.6) is 0 Å². The van der Waals surface area contributed by atoms with Crippen LogP contribution in [0.15, 0.2) is 30.6 Å². The van der Waals surface area contributed by atoms with Crippen molar-refractivity contribution in [3.63, 3.8) is 0 Å². The molecule has 6 heteroatoms. The van der Waals surface area contributed by atoms with E-state index in [-0.39, 0.29) is 12.1 Å². The molecular formula is C14H17N3O3. The van der Waals surface area contributed by atoms with Gasteiger partial charge in [-0.15, -0.1) is 0 Å². The minimum Gasteiger partial charge on any atom is -0.481 e. The maximum Gasteiger partial charge on any atom is 0.315 e. The van der Waals surface area contributed by atoms with Gasteiger partial charge in [0, 0.05) is 18.9 Å². The molecule has 1 aromatic rings. The lowest BCUT2D eigenvalue weighted by Crippen LogP contribution is -2.40. The second kappa shape index (κ2) is 6.18. The molecule has 2 amide bonds. The van der Waals surface area contributed by atoms with Crippen molar-refractivity contribution in [3.05, 3.63) is 41.7 Å². The van der Waals surface area contributed by atoms with Gasteiger partial charge in [-0.2, -0.15) is 0 Å². The predicted octanol–water partition coefficient (Wildman–Crippen LogP) is 1.22. The number of hydrogen-bond donors (Lipinski definition) is 3. The highest BCUT2D eigenvalue weighted by Gasteiger charge is 2.25. The molecule has 1 aliphatic carbocycles. The zero-order chi connectivity index (χ0) is 14.5. The topological polar surface area (TPSA) is 91.3 Å². The van der Waals surface area contributed by atoms with Gasteiger partial charge in [-0.25, -0.2) is 4.79 Å². The average molecular weight is 275 g/mol. The molecule has 0 fully saturated rings. The highest BCUT2D eigenvalue weighted by Crippen LogP contribution is 2.17. The van der Waals surface area contributed by atoms with Crippen LogP contribution in [0.1, 0.15) is 17.5 Å². The third-order valence-corrected chi connectivity index (χ3v) is 3.29. The number of aryl methyl sites for hydroxylation is 1. The quantitative estimate of drug-likeness (QED) is 0.720. The first kappa shape index (κ1) is 14.0. The summed E-state index contributed by atoms with van der Waals surface area (Å²) >= 11 is 0. The molecule has 0 spiro atoms. The lowest BCUT2D eigenvalue weighted by atomic mass is 10.1. The summed E-state index contributed by atoms with van der Waals surface area (Å²) in [6.07, 6.45) is 7.15. The molecule has 0 saturated heterocycles. The summed E-state index contributed by atoms with van der Waals surface area (Å²) in [5.41, 5.74) is 2.01. The zero-order valence-corrected chi connectivity index (χ0v) is 11.2. The van der Waals surface area contributed by atoms with Crippen LogP contribution in [0.25, 0.3) is 0 Å². The van der Waals surface area contributed by atoms with E-state index in [0.29, 0.717) is 13.0 Å². The lowest BCUT2D eigenvalue weighted by molar-refractivity contribution is -0.140. The van der Waals surface area contributed by atoms with Gasteiger partial charge in [-0.3, -0.25) is 9.78 Å². The van der Waals surface area contributed by atoms with Crippen LogP contribution in [0.2, 0.25) is 0 Å². The maximum absolute atomic E-state index is 11.7. The summed E-state index contributed by atoms with van der Waals surface area (Å²) in [5, 5.41) is 14.4. The number of carboxylic acid groups (broad SMARTS) is 1. The van der Waals surface area contributed by atoms with E-state index in [9.17, 15) is 9.59 Å². The molecule has 2 rings (SSSR count). The number of amides is 2. The van der Waals surface area contributed by atoms with E-state index in [4.69, 9.17) is 5.11 Å². The van der Waals surface area contributed by atoms with Crippen molar-refractivity contribution >= 4 is 12.0 Å². The van der Waals surface area contributed by atoms with E-state index in [0.717, 1.165) is 11.1 Å². The number of rotatable bonds is 4. The standard InChI is InChI=1S/C14H17N3O3/c1-9-7-15-5-4-11(9)8-16-14(20)17-12-3-2-10(6-12)13(18)19/h2-5,7,10,12H,6,8H2,1H3,(H,18,19)(H2,16,17,20). The Bertz CT molecular complexity index is 542. The Morgan fingerprint density at radius 1 is 1.45 bits per heavy atom. The fraction of sp³-hybridized carbons (Fsp3) is 0.357. The summed E-state index contributed by atoms with van der Waals surface area (Å²) in [7, 11) is 0. The van der Waals surface area contributed by atoms with Crippen LogP contribution in [-0.4, -0.2) is 28.1 Å². The second-order valence-corrected chi connectivity index (χ2v) is 4.80. The monoisotopic (exact) mass is 275 g/mol. The van der Waals surface area contributed by atoms with Crippen LogP contribution in [0, 0.1) is 12.8 Å². The molecule has 1 aliphatic rings. The van der Waals surface area contributed by atoms with E-state index in [2.05, 4.69) is 15.6 Å². The summed E-state index contributed by atoms with van der Waals surface area (Å²) in [6.45, 7) is 2.35. The minimum atomic E-state index is -0.863. The smallest absolute Gasteiger partial charge is 0.315 e. The van der Waals surface area contributed by atoms with Gasteiger partial charge in [0.15, 0.2) is 0 Å². The molecule has 0 aliphatic heterocycles. The Kier molecular flexibility index (Phi) is 4.34. The highest BCUT2D eigenvalue weighted by atomic mass is 16.4. The molecule has 20 heavy (non-hydrogen) atoms. The summed E-state index contributed by atoms with van der Waals surface area (Å²) in [6, 6.07) is 1.32. The fourth-order valence-corrected chi connectivity index (χ4v) is 2.08. The van der Waals surface area contributed by atoms with E-state index in [1.165, 1.54) is 0 Å². The van der Waals surface area contributed by atoms with Crippen molar-refractivity contribution in [2.45, 2.75) is 25.9 Å². The van der Waals surface area contributed by atoms with E-state index in [1.54, 1.807) is 24.5 Å². The molecule has 0 saturated carbocycles. The van der Waals surface area contributed by atoms with Crippen LogP contribution in [0.4, 0.5) is 4.79 Å². The Hall–Kier alpha value is -2.37. The number of nitrogens with zero attached hydrogens (tertiary/aromatic N) is 1. The van der Waals surface area contributed by atoms with Gasteiger partial charge < -0.3 is 15.7 Å². The van der Waals surface area contributed by atoms with Crippen molar-refractivity contribution in [1.82, 2.24) is 15.6 Å². The molecule has 2 atom stereocenters. The third kappa shape index (κ3) is 3.57. The van der Waals surface area contributed by atoms with Gasteiger partial charge in [0.25, 0.3) is 0 Å².